The number of piperidine rings is 1. The van der Waals surface area contributed by atoms with Crippen molar-refractivity contribution in [3.63, 3.8) is 0 Å². The van der Waals surface area contributed by atoms with E-state index >= 15 is 0 Å². The maximum atomic E-state index is 12.5. The summed E-state index contributed by atoms with van der Waals surface area (Å²) in [6, 6.07) is 15.4. The number of aromatic nitrogens is 1. The Morgan fingerprint density at radius 3 is 2.64 bits per heavy atom. The average Bonchev–Trinajstić information content (AvgIpc) is 3.15. The minimum Gasteiger partial charge on any atom is -0.493 e. The van der Waals surface area contributed by atoms with Gasteiger partial charge >= 0.3 is 0 Å². The highest BCUT2D eigenvalue weighted by molar-refractivity contribution is 6.31. The predicted molar refractivity (Wildman–Crippen MR) is 110 cm³/mol. The van der Waals surface area contributed by atoms with Crippen LogP contribution in [0.25, 0.3) is 10.9 Å². The maximum Gasteiger partial charge on any atom is 0.260 e. The number of para-hydroxylation sites is 2. The number of hydrogen-bond donors (Lipinski definition) is 1. The van der Waals surface area contributed by atoms with Crippen LogP contribution in [0.15, 0.2) is 48.5 Å². The van der Waals surface area contributed by atoms with Crippen molar-refractivity contribution in [2.75, 3.05) is 26.8 Å². The van der Waals surface area contributed by atoms with E-state index in [1.165, 1.54) is 5.69 Å². The molecule has 1 saturated heterocycles. The van der Waals surface area contributed by atoms with Crippen LogP contribution in [-0.2, 0) is 4.79 Å². The van der Waals surface area contributed by atoms with Gasteiger partial charge in [-0.05, 0) is 49.2 Å². The third-order valence-electron chi connectivity index (χ3n) is 5.31. The minimum absolute atomic E-state index is 0.00721. The van der Waals surface area contributed by atoms with Crippen LogP contribution in [0.5, 0.6) is 11.5 Å². The molecule has 1 fully saturated rings. The van der Waals surface area contributed by atoms with Crippen molar-refractivity contribution >= 4 is 28.4 Å². The monoisotopic (exact) mass is 398 g/mol. The summed E-state index contributed by atoms with van der Waals surface area (Å²) in [7, 11) is 1.59. The summed E-state index contributed by atoms with van der Waals surface area (Å²) in [5.74, 6) is 1.65. The highest BCUT2D eigenvalue weighted by atomic mass is 35.5. The van der Waals surface area contributed by atoms with Gasteiger partial charge in [0.25, 0.3) is 5.91 Å². The van der Waals surface area contributed by atoms with E-state index in [2.05, 4.69) is 11.1 Å². The molecule has 0 saturated carbocycles. The molecule has 6 heteroatoms. The van der Waals surface area contributed by atoms with Crippen molar-refractivity contribution in [2.45, 2.75) is 18.8 Å². The van der Waals surface area contributed by atoms with Gasteiger partial charge in [-0.25, -0.2) is 0 Å². The zero-order chi connectivity index (χ0) is 19.5. The molecule has 0 spiro atoms. The maximum absolute atomic E-state index is 12.5. The highest BCUT2D eigenvalue weighted by Crippen LogP contribution is 2.31. The molecular weight excluding hydrogens is 376 g/mol. The Morgan fingerprint density at radius 2 is 1.89 bits per heavy atom. The molecule has 0 aliphatic carbocycles. The molecule has 1 aliphatic rings. The normalized spacial score (nSPS) is 15.0. The van der Waals surface area contributed by atoms with Crippen molar-refractivity contribution in [1.29, 1.82) is 0 Å². The Balaban J connectivity index is 1.33. The average molecular weight is 399 g/mol. The third kappa shape index (κ3) is 3.94. The fourth-order valence-corrected chi connectivity index (χ4v) is 3.94. The van der Waals surface area contributed by atoms with Gasteiger partial charge in [-0.2, -0.15) is 0 Å². The second kappa shape index (κ2) is 8.15. The number of fused-ring (bicyclic) bond motifs is 1. The summed E-state index contributed by atoms with van der Waals surface area (Å²) in [6.07, 6.45) is 1.86. The van der Waals surface area contributed by atoms with Crippen LogP contribution in [0.2, 0.25) is 5.02 Å². The molecular formula is C22H23ClN2O3. The number of benzene rings is 2. The summed E-state index contributed by atoms with van der Waals surface area (Å²) >= 11 is 6.08. The number of carbonyl (C=O) groups is 1. The van der Waals surface area contributed by atoms with Gasteiger partial charge in [0.1, 0.15) is 0 Å². The molecule has 0 atom stereocenters. The third-order valence-corrected chi connectivity index (χ3v) is 5.55. The number of hydrogen-bond acceptors (Lipinski definition) is 3. The number of likely N-dealkylation sites (tertiary alicyclic amines) is 1. The lowest BCUT2D eigenvalue weighted by Gasteiger charge is -2.31. The molecule has 1 amide bonds. The Kier molecular flexibility index (Phi) is 5.44. The number of aromatic amines is 1. The molecule has 0 bridgehead atoms. The fourth-order valence-electron chi connectivity index (χ4n) is 3.75. The van der Waals surface area contributed by atoms with Gasteiger partial charge < -0.3 is 19.4 Å². The topological polar surface area (TPSA) is 54.6 Å². The van der Waals surface area contributed by atoms with Gasteiger partial charge in [-0.15, -0.1) is 0 Å². The van der Waals surface area contributed by atoms with Crippen LogP contribution in [0.1, 0.15) is 24.5 Å². The predicted octanol–water partition coefficient (Wildman–Crippen LogP) is 4.61. The summed E-state index contributed by atoms with van der Waals surface area (Å²) in [5, 5.41) is 1.87. The van der Waals surface area contributed by atoms with Gasteiger partial charge in [0.15, 0.2) is 18.1 Å². The summed E-state index contributed by atoms with van der Waals surface area (Å²) < 4.78 is 10.9. The van der Waals surface area contributed by atoms with E-state index in [4.69, 9.17) is 21.1 Å². The lowest BCUT2D eigenvalue weighted by molar-refractivity contribution is -0.134. The number of methoxy groups -OCH3 is 1. The standard InChI is InChI=1S/C22H23ClN2O3/c1-27-20-4-2-3-5-21(20)28-14-22(26)25-10-8-15(9-11-25)19-13-16-12-17(23)6-7-18(16)24-19/h2-7,12-13,15,24H,8-11,14H2,1H3. The molecule has 0 radical (unpaired) electrons. The van der Waals surface area contributed by atoms with E-state index in [1.807, 2.05) is 41.3 Å². The van der Waals surface area contributed by atoms with Crippen molar-refractivity contribution in [3.8, 4) is 11.5 Å². The molecule has 28 heavy (non-hydrogen) atoms. The molecule has 3 aromatic rings. The molecule has 2 heterocycles. The van der Waals surface area contributed by atoms with E-state index in [-0.39, 0.29) is 12.5 Å². The molecule has 5 nitrogen and oxygen atoms in total. The summed E-state index contributed by atoms with van der Waals surface area (Å²) in [5.41, 5.74) is 2.32. The number of ether oxygens (including phenoxy) is 2. The first kappa shape index (κ1) is 18.7. The number of nitrogens with zero attached hydrogens (tertiary/aromatic N) is 1. The van der Waals surface area contributed by atoms with Crippen molar-refractivity contribution in [2.24, 2.45) is 0 Å². The number of rotatable bonds is 5. The number of amides is 1. The molecule has 1 aromatic heterocycles. The van der Waals surface area contributed by atoms with Crippen molar-refractivity contribution in [3.05, 3.63) is 59.2 Å². The summed E-state index contributed by atoms with van der Waals surface area (Å²) in [6.45, 7) is 1.49. The lowest BCUT2D eigenvalue weighted by Crippen LogP contribution is -2.40. The van der Waals surface area contributed by atoms with E-state index < -0.39 is 0 Å². The van der Waals surface area contributed by atoms with Gasteiger partial charge in [0, 0.05) is 40.6 Å². The molecule has 0 unspecified atom stereocenters. The number of halogens is 1. The smallest absolute Gasteiger partial charge is 0.260 e. The molecule has 2 aromatic carbocycles. The largest absolute Gasteiger partial charge is 0.493 e. The zero-order valence-corrected chi connectivity index (χ0v) is 16.5. The van der Waals surface area contributed by atoms with Crippen LogP contribution in [0, 0.1) is 0 Å². The molecule has 146 valence electrons. The molecule has 4 rings (SSSR count). The minimum atomic E-state index is 0.00721. The fraction of sp³-hybridized carbons (Fsp3) is 0.318. The summed E-state index contributed by atoms with van der Waals surface area (Å²) in [4.78, 5) is 17.9. The second-order valence-corrected chi connectivity index (χ2v) is 7.49. The Labute approximate surface area is 169 Å². The number of H-pyrrole nitrogens is 1. The number of carbonyl (C=O) groups excluding carboxylic acids is 1. The van der Waals surface area contributed by atoms with Crippen LogP contribution in [0.4, 0.5) is 0 Å². The first-order chi connectivity index (χ1) is 13.6. The Bertz CT molecular complexity index is 977. The number of nitrogens with one attached hydrogen (secondary N) is 1. The highest BCUT2D eigenvalue weighted by Gasteiger charge is 2.25. The quantitative estimate of drug-likeness (QED) is 0.682. The Morgan fingerprint density at radius 1 is 1.14 bits per heavy atom. The first-order valence-corrected chi connectivity index (χ1v) is 9.83. The lowest BCUT2D eigenvalue weighted by atomic mass is 9.93. The van der Waals surface area contributed by atoms with Gasteiger partial charge in [0.2, 0.25) is 0 Å². The molecule has 1 N–H and O–H groups in total. The van der Waals surface area contributed by atoms with Gasteiger partial charge in [0.05, 0.1) is 7.11 Å². The van der Waals surface area contributed by atoms with E-state index in [0.29, 0.717) is 17.4 Å². The SMILES string of the molecule is COc1ccccc1OCC(=O)N1CCC(c2cc3cc(Cl)ccc3[nH]2)CC1. The van der Waals surface area contributed by atoms with Crippen molar-refractivity contribution in [1.82, 2.24) is 9.88 Å². The van der Waals surface area contributed by atoms with Gasteiger partial charge in [-0.1, -0.05) is 23.7 Å². The zero-order valence-electron chi connectivity index (χ0n) is 15.8. The first-order valence-electron chi connectivity index (χ1n) is 9.46. The van der Waals surface area contributed by atoms with E-state index in [9.17, 15) is 4.79 Å². The van der Waals surface area contributed by atoms with E-state index in [1.54, 1.807) is 13.2 Å². The second-order valence-electron chi connectivity index (χ2n) is 7.05. The molecule has 1 aliphatic heterocycles. The van der Waals surface area contributed by atoms with Crippen LogP contribution >= 0.6 is 11.6 Å². The van der Waals surface area contributed by atoms with Crippen molar-refractivity contribution < 1.29 is 14.3 Å². The Hall–Kier alpha value is -2.66. The van der Waals surface area contributed by atoms with Crippen LogP contribution in [-0.4, -0.2) is 42.6 Å². The van der Waals surface area contributed by atoms with Gasteiger partial charge in [-0.3, -0.25) is 4.79 Å². The van der Waals surface area contributed by atoms with E-state index in [0.717, 1.165) is 41.9 Å². The van der Waals surface area contributed by atoms with Crippen LogP contribution in [0.3, 0.4) is 0 Å². The van der Waals surface area contributed by atoms with Crippen LogP contribution < -0.4 is 9.47 Å².